The van der Waals surface area contributed by atoms with Gasteiger partial charge >= 0.3 is 0 Å². The molecule has 0 spiro atoms. The van der Waals surface area contributed by atoms with E-state index in [9.17, 15) is 9.18 Å². The molecule has 1 saturated heterocycles. The van der Waals surface area contributed by atoms with Gasteiger partial charge in [-0.1, -0.05) is 0 Å². The third kappa shape index (κ3) is 3.25. The van der Waals surface area contributed by atoms with Crippen molar-refractivity contribution in [3.63, 3.8) is 0 Å². The Morgan fingerprint density at radius 2 is 2.23 bits per heavy atom. The molecule has 2 aromatic rings. The zero-order valence-electron chi connectivity index (χ0n) is 11.9. The van der Waals surface area contributed by atoms with Crippen molar-refractivity contribution in [1.82, 2.24) is 15.1 Å². The van der Waals surface area contributed by atoms with Crippen LogP contribution in [0.15, 0.2) is 36.5 Å². The predicted molar refractivity (Wildman–Crippen MR) is 75.8 cm³/mol. The Morgan fingerprint density at radius 3 is 2.95 bits per heavy atom. The van der Waals surface area contributed by atoms with Crippen LogP contribution in [-0.2, 0) is 9.53 Å². The maximum atomic E-state index is 12.8. The van der Waals surface area contributed by atoms with Crippen molar-refractivity contribution in [3.05, 3.63) is 48.0 Å². The van der Waals surface area contributed by atoms with E-state index in [1.165, 1.54) is 24.3 Å². The fourth-order valence-corrected chi connectivity index (χ4v) is 2.37. The number of halogens is 1. The molecule has 1 amide bonds. The van der Waals surface area contributed by atoms with Gasteiger partial charge in [0.15, 0.2) is 6.61 Å². The SMILES string of the molecule is O=C(COc1ccc(F)cc1)N1CCOC[C@@H]1c1ccn[nH]1. The van der Waals surface area contributed by atoms with Gasteiger partial charge in [-0.3, -0.25) is 9.89 Å². The Labute approximate surface area is 126 Å². The van der Waals surface area contributed by atoms with Gasteiger partial charge in [0.2, 0.25) is 0 Å². The number of carbonyl (C=O) groups is 1. The summed E-state index contributed by atoms with van der Waals surface area (Å²) >= 11 is 0. The fourth-order valence-electron chi connectivity index (χ4n) is 2.37. The number of amides is 1. The highest BCUT2D eigenvalue weighted by molar-refractivity contribution is 5.78. The van der Waals surface area contributed by atoms with E-state index in [4.69, 9.17) is 9.47 Å². The molecule has 0 saturated carbocycles. The van der Waals surface area contributed by atoms with Crippen molar-refractivity contribution in [2.45, 2.75) is 6.04 Å². The number of nitrogens with one attached hydrogen (secondary N) is 1. The average Bonchev–Trinajstić information content (AvgIpc) is 3.08. The van der Waals surface area contributed by atoms with Gasteiger partial charge in [0.05, 0.1) is 24.9 Å². The Balaban J connectivity index is 1.63. The normalized spacial score (nSPS) is 18.2. The van der Waals surface area contributed by atoms with Gasteiger partial charge in [-0.15, -0.1) is 0 Å². The first-order valence-corrected chi connectivity index (χ1v) is 6.99. The zero-order valence-corrected chi connectivity index (χ0v) is 11.9. The number of hydrogen-bond donors (Lipinski definition) is 1. The van der Waals surface area contributed by atoms with E-state index in [1.54, 1.807) is 11.1 Å². The van der Waals surface area contributed by atoms with Crippen LogP contribution in [0.4, 0.5) is 4.39 Å². The first-order chi connectivity index (χ1) is 10.7. The minimum Gasteiger partial charge on any atom is -0.484 e. The standard InChI is InChI=1S/C15H16FN3O3/c16-11-1-3-12(4-2-11)22-10-15(20)19-7-8-21-9-14(19)13-5-6-17-18-13/h1-6,14H,7-10H2,(H,17,18)/t14-/m1/s1. The molecule has 0 unspecified atom stereocenters. The van der Waals surface area contributed by atoms with Crippen molar-refractivity contribution in [3.8, 4) is 5.75 Å². The molecule has 1 N–H and O–H groups in total. The van der Waals surface area contributed by atoms with Gasteiger partial charge in [0, 0.05) is 12.7 Å². The molecular weight excluding hydrogens is 289 g/mol. The van der Waals surface area contributed by atoms with E-state index in [2.05, 4.69) is 10.2 Å². The van der Waals surface area contributed by atoms with Gasteiger partial charge < -0.3 is 14.4 Å². The van der Waals surface area contributed by atoms with E-state index in [0.717, 1.165) is 5.69 Å². The smallest absolute Gasteiger partial charge is 0.261 e. The predicted octanol–water partition coefficient (Wildman–Crippen LogP) is 1.53. The second-order valence-corrected chi connectivity index (χ2v) is 4.93. The first-order valence-electron chi connectivity index (χ1n) is 6.99. The molecule has 7 heteroatoms. The molecule has 0 aliphatic carbocycles. The van der Waals surface area contributed by atoms with Crippen LogP contribution in [0.5, 0.6) is 5.75 Å². The van der Waals surface area contributed by atoms with Crippen LogP contribution in [0, 0.1) is 5.82 Å². The number of aromatic nitrogens is 2. The maximum Gasteiger partial charge on any atom is 0.261 e. The summed E-state index contributed by atoms with van der Waals surface area (Å²) in [6.07, 6.45) is 1.64. The molecule has 1 fully saturated rings. The number of benzene rings is 1. The Hall–Kier alpha value is -2.41. The lowest BCUT2D eigenvalue weighted by Crippen LogP contribution is -2.45. The molecule has 6 nitrogen and oxygen atoms in total. The van der Waals surface area contributed by atoms with Crippen LogP contribution in [0.3, 0.4) is 0 Å². The second kappa shape index (κ2) is 6.57. The minimum absolute atomic E-state index is 0.101. The quantitative estimate of drug-likeness (QED) is 0.930. The molecule has 2 heterocycles. The number of carbonyl (C=O) groups excluding carboxylic acids is 1. The molecule has 1 aliphatic heterocycles. The number of morpholine rings is 1. The van der Waals surface area contributed by atoms with Crippen molar-refractivity contribution in [1.29, 1.82) is 0 Å². The van der Waals surface area contributed by atoms with E-state index >= 15 is 0 Å². The van der Waals surface area contributed by atoms with E-state index < -0.39 is 0 Å². The summed E-state index contributed by atoms with van der Waals surface area (Å²) in [6, 6.07) is 7.20. The highest BCUT2D eigenvalue weighted by Gasteiger charge is 2.29. The van der Waals surface area contributed by atoms with Gasteiger partial charge in [0.1, 0.15) is 11.6 Å². The Kier molecular flexibility index (Phi) is 4.34. The highest BCUT2D eigenvalue weighted by atomic mass is 19.1. The van der Waals surface area contributed by atoms with Gasteiger partial charge in [0.25, 0.3) is 5.91 Å². The second-order valence-electron chi connectivity index (χ2n) is 4.93. The molecule has 0 radical (unpaired) electrons. The summed E-state index contributed by atoms with van der Waals surface area (Å²) in [5.74, 6) is -0.0283. The summed E-state index contributed by atoms with van der Waals surface area (Å²) in [5.41, 5.74) is 0.829. The molecular formula is C15H16FN3O3. The van der Waals surface area contributed by atoms with Crippen LogP contribution in [0.25, 0.3) is 0 Å². The molecule has 0 bridgehead atoms. The first kappa shape index (κ1) is 14.5. The number of H-pyrrole nitrogens is 1. The van der Waals surface area contributed by atoms with Crippen LogP contribution >= 0.6 is 0 Å². The van der Waals surface area contributed by atoms with Crippen molar-refractivity contribution in [2.24, 2.45) is 0 Å². The van der Waals surface area contributed by atoms with Gasteiger partial charge in [-0.2, -0.15) is 5.10 Å². The van der Waals surface area contributed by atoms with Gasteiger partial charge in [-0.05, 0) is 30.3 Å². The molecule has 22 heavy (non-hydrogen) atoms. The Bertz CT molecular complexity index is 615. The minimum atomic E-state index is -0.342. The lowest BCUT2D eigenvalue weighted by Gasteiger charge is -2.34. The monoisotopic (exact) mass is 305 g/mol. The lowest BCUT2D eigenvalue weighted by molar-refractivity contribution is -0.142. The largest absolute Gasteiger partial charge is 0.484 e. The van der Waals surface area contributed by atoms with Crippen molar-refractivity contribution >= 4 is 5.91 Å². The van der Waals surface area contributed by atoms with Crippen molar-refractivity contribution < 1.29 is 18.7 Å². The molecule has 1 atom stereocenters. The van der Waals surface area contributed by atoms with Crippen molar-refractivity contribution in [2.75, 3.05) is 26.4 Å². The molecule has 1 aromatic carbocycles. The maximum absolute atomic E-state index is 12.8. The third-order valence-corrected chi connectivity index (χ3v) is 3.51. The number of ether oxygens (including phenoxy) is 2. The summed E-state index contributed by atoms with van der Waals surface area (Å²) in [4.78, 5) is 14.1. The third-order valence-electron chi connectivity index (χ3n) is 3.51. The van der Waals surface area contributed by atoms with E-state index in [0.29, 0.717) is 25.5 Å². The topological polar surface area (TPSA) is 67.4 Å². The van der Waals surface area contributed by atoms with E-state index in [-0.39, 0.29) is 24.4 Å². The molecule has 1 aromatic heterocycles. The summed E-state index contributed by atoms with van der Waals surface area (Å²) in [6.45, 7) is 1.31. The highest BCUT2D eigenvalue weighted by Crippen LogP contribution is 2.22. The lowest BCUT2D eigenvalue weighted by atomic mass is 10.1. The van der Waals surface area contributed by atoms with Crippen LogP contribution in [0.1, 0.15) is 11.7 Å². The average molecular weight is 305 g/mol. The molecule has 1 aliphatic rings. The van der Waals surface area contributed by atoms with Crippen LogP contribution in [0.2, 0.25) is 0 Å². The number of aromatic amines is 1. The summed E-state index contributed by atoms with van der Waals surface area (Å²) < 4.78 is 23.7. The Morgan fingerprint density at radius 1 is 1.41 bits per heavy atom. The summed E-state index contributed by atoms with van der Waals surface area (Å²) in [5, 5.41) is 6.77. The zero-order chi connectivity index (χ0) is 15.4. The molecule has 116 valence electrons. The number of nitrogens with zero attached hydrogens (tertiary/aromatic N) is 2. The van der Waals surface area contributed by atoms with Crippen LogP contribution < -0.4 is 4.74 Å². The fraction of sp³-hybridized carbons (Fsp3) is 0.333. The number of rotatable bonds is 4. The molecule has 3 rings (SSSR count). The summed E-state index contributed by atoms with van der Waals surface area (Å²) in [7, 11) is 0. The van der Waals surface area contributed by atoms with Gasteiger partial charge in [-0.25, -0.2) is 4.39 Å². The number of hydrogen-bond acceptors (Lipinski definition) is 4. The van der Waals surface area contributed by atoms with Crippen LogP contribution in [-0.4, -0.2) is 47.4 Å². The van der Waals surface area contributed by atoms with E-state index in [1.807, 2.05) is 6.07 Å².